The minimum absolute atomic E-state index is 0.0677. The number of nitrogens with zero attached hydrogens (tertiary/aromatic N) is 1. The summed E-state index contributed by atoms with van der Waals surface area (Å²) in [6, 6.07) is 0. The Morgan fingerprint density at radius 1 is 1.82 bits per heavy atom. The van der Waals surface area contributed by atoms with Crippen LogP contribution in [0, 0.1) is 3.95 Å². The van der Waals surface area contributed by atoms with Gasteiger partial charge in [-0.1, -0.05) is 11.3 Å². The van der Waals surface area contributed by atoms with Crippen LogP contribution in [0.5, 0.6) is 0 Å². The Morgan fingerprint density at radius 3 is 2.82 bits per heavy atom. The fourth-order valence-electron chi connectivity index (χ4n) is 0.652. The molecule has 1 amide bonds. The first-order valence-electron chi connectivity index (χ1n) is 3.03. The molecule has 0 spiro atoms. The highest BCUT2D eigenvalue weighted by Gasteiger charge is 1.98. The number of hydrogen-bond donors (Lipinski definition) is 1. The zero-order valence-electron chi connectivity index (χ0n) is 6.25. The number of thiazole rings is 1. The standard InChI is InChI=1S/C6H8N2OS2/c1-4(9)7-5-3-8(2)6(10)11-5/h3H,1-2H3,(H,7,9). The highest BCUT2D eigenvalue weighted by atomic mass is 32.1. The Balaban J connectivity index is 2.89. The van der Waals surface area contributed by atoms with Crippen LogP contribution in [0.2, 0.25) is 0 Å². The molecule has 0 aliphatic heterocycles. The minimum Gasteiger partial charge on any atom is -0.331 e. The number of hydrogen-bond acceptors (Lipinski definition) is 3. The van der Waals surface area contributed by atoms with Crippen molar-refractivity contribution in [2.45, 2.75) is 6.92 Å². The summed E-state index contributed by atoms with van der Waals surface area (Å²) >= 11 is 6.35. The molecule has 0 aliphatic rings. The van der Waals surface area contributed by atoms with Crippen LogP contribution in [-0.2, 0) is 11.8 Å². The first kappa shape index (κ1) is 8.42. The van der Waals surface area contributed by atoms with Gasteiger partial charge in [-0.15, -0.1) is 0 Å². The van der Waals surface area contributed by atoms with E-state index in [1.54, 1.807) is 10.8 Å². The van der Waals surface area contributed by atoms with Gasteiger partial charge in [0, 0.05) is 20.2 Å². The number of amides is 1. The average Bonchev–Trinajstić information content (AvgIpc) is 2.10. The third kappa shape index (κ3) is 2.13. The summed E-state index contributed by atoms with van der Waals surface area (Å²) in [5, 5.41) is 3.45. The highest BCUT2D eigenvalue weighted by molar-refractivity contribution is 7.73. The predicted molar refractivity (Wildman–Crippen MR) is 48.4 cm³/mol. The maximum absolute atomic E-state index is 10.6. The molecule has 0 bridgehead atoms. The maximum atomic E-state index is 10.6. The van der Waals surface area contributed by atoms with Crippen LogP contribution >= 0.6 is 23.6 Å². The first-order valence-corrected chi connectivity index (χ1v) is 4.26. The van der Waals surface area contributed by atoms with E-state index in [-0.39, 0.29) is 5.91 Å². The molecule has 60 valence electrons. The summed E-state index contributed by atoms with van der Waals surface area (Å²) in [5.74, 6) is -0.0677. The zero-order valence-corrected chi connectivity index (χ0v) is 7.88. The summed E-state index contributed by atoms with van der Waals surface area (Å²) in [5.41, 5.74) is 0. The average molecular weight is 188 g/mol. The van der Waals surface area contributed by atoms with E-state index in [2.05, 4.69) is 5.32 Å². The Labute approximate surface area is 73.7 Å². The zero-order chi connectivity index (χ0) is 8.43. The molecule has 0 radical (unpaired) electrons. The van der Waals surface area contributed by atoms with Gasteiger partial charge in [0.1, 0.15) is 5.00 Å². The lowest BCUT2D eigenvalue weighted by Crippen LogP contribution is -2.03. The van der Waals surface area contributed by atoms with E-state index in [9.17, 15) is 4.79 Å². The molecule has 0 aliphatic carbocycles. The van der Waals surface area contributed by atoms with Gasteiger partial charge in [-0.05, 0) is 12.2 Å². The lowest BCUT2D eigenvalue weighted by molar-refractivity contribution is -0.114. The summed E-state index contributed by atoms with van der Waals surface area (Å²) in [6.45, 7) is 1.47. The summed E-state index contributed by atoms with van der Waals surface area (Å²) < 4.78 is 2.56. The minimum atomic E-state index is -0.0677. The summed E-state index contributed by atoms with van der Waals surface area (Å²) in [7, 11) is 1.85. The number of anilines is 1. The van der Waals surface area contributed by atoms with Gasteiger partial charge in [-0.25, -0.2) is 0 Å². The molecule has 0 aromatic carbocycles. The van der Waals surface area contributed by atoms with E-state index in [4.69, 9.17) is 12.2 Å². The highest BCUT2D eigenvalue weighted by Crippen LogP contribution is 2.16. The smallest absolute Gasteiger partial charge is 0.221 e. The van der Waals surface area contributed by atoms with E-state index in [1.165, 1.54) is 18.3 Å². The van der Waals surface area contributed by atoms with Gasteiger partial charge < -0.3 is 9.88 Å². The summed E-state index contributed by atoms with van der Waals surface area (Å²) in [6.07, 6.45) is 1.80. The Kier molecular flexibility index (Phi) is 2.41. The molecule has 11 heavy (non-hydrogen) atoms. The Hall–Kier alpha value is -0.680. The SMILES string of the molecule is CC(=O)Nc1cn(C)c(=S)s1. The van der Waals surface area contributed by atoms with E-state index >= 15 is 0 Å². The number of aryl methyl sites for hydroxylation is 1. The monoisotopic (exact) mass is 188 g/mol. The van der Waals surface area contributed by atoms with Gasteiger partial charge in [-0.2, -0.15) is 0 Å². The van der Waals surface area contributed by atoms with Crippen LogP contribution in [0.1, 0.15) is 6.92 Å². The van der Waals surface area contributed by atoms with Crippen molar-refractivity contribution in [3.63, 3.8) is 0 Å². The number of rotatable bonds is 1. The summed E-state index contributed by atoms with van der Waals surface area (Å²) in [4.78, 5) is 10.6. The fourth-order valence-corrected chi connectivity index (χ4v) is 1.76. The number of aromatic nitrogens is 1. The molecule has 1 heterocycles. The topological polar surface area (TPSA) is 34.0 Å². The number of carbonyl (C=O) groups is 1. The maximum Gasteiger partial charge on any atom is 0.221 e. The molecule has 0 saturated heterocycles. The molecule has 0 fully saturated rings. The second-order valence-electron chi connectivity index (χ2n) is 2.15. The lowest BCUT2D eigenvalue weighted by Gasteiger charge is -1.92. The molecule has 1 aromatic rings. The second kappa shape index (κ2) is 3.15. The van der Waals surface area contributed by atoms with E-state index < -0.39 is 0 Å². The van der Waals surface area contributed by atoms with E-state index in [0.717, 1.165) is 8.96 Å². The van der Waals surface area contributed by atoms with Crippen molar-refractivity contribution in [2.24, 2.45) is 7.05 Å². The van der Waals surface area contributed by atoms with Crippen LogP contribution in [-0.4, -0.2) is 10.5 Å². The molecule has 1 rings (SSSR count). The number of nitrogens with one attached hydrogen (secondary N) is 1. The molecule has 1 N–H and O–H groups in total. The van der Waals surface area contributed by atoms with Gasteiger partial charge in [0.25, 0.3) is 0 Å². The molecule has 0 unspecified atom stereocenters. The van der Waals surface area contributed by atoms with Gasteiger partial charge in [0.05, 0.1) is 0 Å². The quantitative estimate of drug-likeness (QED) is 0.681. The van der Waals surface area contributed by atoms with Gasteiger partial charge in [0.2, 0.25) is 5.91 Å². The van der Waals surface area contributed by atoms with Gasteiger partial charge in [0.15, 0.2) is 3.95 Å². The van der Waals surface area contributed by atoms with Crippen molar-refractivity contribution in [2.75, 3.05) is 5.32 Å². The molecule has 5 heteroatoms. The van der Waals surface area contributed by atoms with Gasteiger partial charge in [-0.3, -0.25) is 4.79 Å². The van der Waals surface area contributed by atoms with Crippen molar-refractivity contribution < 1.29 is 4.79 Å². The van der Waals surface area contributed by atoms with Crippen molar-refractivity contribution in [1.82, 2.24) is 4.57 Å². The van der Waals surface area contributed by atoms with Crippen molar-refractivity contribution in [1.29, 1.82) is 0 Å². The van der Waals surface area contributed by atoms with E-state index in [0.29, 0.717) is 0 Å². The van der Waals surface area contributed by atoms with Crippen molar-refractivity contribution in [3.8, 4) is 0 Å². The normalized spacial score (nSPS) is 9.64. The first-order chi connectivity index (χ1) is 5.09. The van der Waals surface area contributed by atoms with Crippen LogP contribution < -0.4 is 5.32 Å². The predicted octanol–water partition coefficient (Wildman–Crippen LogP) is 1.77. The number of carbonyl (C=O) groups excluding carboxylic acids is 1. The van der Waals surface area contributed by atoms with Crippen molar-refractivity contribution in [3.05, 3.63) is 10.2 Å². The molecular weight excluding hydrogens is 180 g/mol. The molecule has 1 aromatic heterocycles. The third-order valence-corrected chi connectivity index (χ3v) is 2.52. The van der Waals surface area contributed by atoms with Crippen LogP contribution in [0.15, 0.2) is 6.20 Å². The van der Waals surface area contributed by atoms with Crippen LogP contribution in [0.25, 0.3) is 0 Å². The third-order valence-electron chi connectivity index (χ3n) is 1.10. The molecular formula is C6H8N2OS2. The molecule has 3 nitrogen and oxygen atoms in total. The lowest BCUT2D eigenvalue weighted by atomic mass is 10.7. The largest absolute Gasteiger partial charge is 0.331 e. The van der Waals surface area contributed by atoms with Crippen molar-refractivity contribution >= 4 is 34.5 Å². The van der Waals surface area contributed by atoms with Crippen LogP contribution in [0.3, 0.4) is 0 Å². The Morgan fingerprint density at radius 2 is 2.45 bits per heavy atom. The second-order valence-corrected chi connectivity index (χ2v) is 3.83. The van der Waals surface area contributed by atoms with Gasteiger partial charge >= 0.3 is 0 Å². The van der Waals surface area contributed by atoms with Crippen LogP contribution in [0.4, 0.5) is 5.00 Å². The molecule has 0 saturated carbocycles. The fraction of sp³-hybridized carbons (Fsp3) is 0.333. The molecule has 0 atom stereocenters. The van der Waals surface area contributed by atoms with E-state index in [1.807, 2.05) is 7.05 Å². The Bertz CT molecular complexity index is 326.